The highest BCUT2D eigenvalue weighted by Crippen LogP contribution is 2.31. The van der Waals surface area contributed by atoms with Gasteiger partial charge in [-0.25, -0.2) is 4.79 Å². The van der Waals surface area contributed by atoms with Crippen LogP contribution in [0, 0.1) is 0 Å². The smallest absolute Gasteiger partial charge is 0.412 e. The second-order valence-electron chi connectivity index (χ2n) is 6.61. The Morgan fingerprint density at radius 3 is 2.60 bits per heavy atom. The van der Waals surface area contributed by atoms with Crippen LogP contribution in [0.15, 0.2) is 0 Å². The lowest BCUT2D eigenvalue weighted by Gasteiger charge is -2.36. The van der Waals surface area contributed by atoms with Crippen LogP contribution in [-0.4, -0.2) is 57.9 Å². The van der Waals surface area contributed by atoms with Gasteiger partial charge in [0.2, 0.25) is 0 Å². The molecule has 0 aromatic carbocycles. The lowest BCUT2D eigenvalue weighted by Crippen LogP contribution is -2.53. The Hall–Kier alpha value is -0.850. The van der Waals surface area contributed by atoms with Crippen molar-refractivity contribution in [3.05, 3.63) is 0 Å². The fourth-order valence-corrected chi connectivity index (χ4v) is 2.28. The van der Waals surface area contributed by atoms with Gasteiger partial charge in [-0.15, -0.1) is 0 Å². The maximum Gasteiger partial charge on any atom is 0.412 e. The molecule has 0 spiro atoms. The number of amides is 1. The third-order valence-electron chi connectivity index (χ3n) is 3.21. The van der Waals surface area contributed by atoms with Crippen molar-refractivity contribution in [2.75, 3.05) is 13.2 Å². The molecule has 0 saturated carbocycles. The molecule has 1 aliphatic rings. The van der Waals surface area contributed by atoms with Crippen LogP contribution < -0.4 is 0 Å². The van der Waals surface area contributed by atoms with Crippen LogP contribution in [0.2, 0.25) is 0 Å². The van der Waals surface area contributed by atoms with Crippen molar-refractivity contribution in [3.8, 4) is 0 Å². The second-order valence-corrected chi connectivity index (χ2v) is 6.61. The van der Waals surface area contributed by atoms with Crippen molar-refractivity contribution in [1.29, 1.82) is 0 Å². The largest absolute Gasteiger partial charge is 0.444 e. The van der Waals surface area contributed by atoms with E-state index in [0.29, 0.717) is 12.8 Å². The van der Waals surface area contributed by atoms with Gasteiger partial charge in [-0.3, -0.25) is 4.90 Å². The summed E-state index contributed by atoms with van der Waals surface area (Å²) in [6.07, 6.45) is -0.329. The first-order valence-corrected chi connectivity index (χ1v) is 7.03. The van der Waals surface area contributed by atoms with Gasteiger partial charge in [-0.2, -0.15) is 0 Å². The average Bonchev–Trinajstić information content (AvgIpc) is 2.59. The SMILES string of the molecule is CC(C)(C)OC(=O)N1[C@@H](C(O)CCCO)COC1(C)C. The first kappa shape index (κ1) is 17.2. The number of aliphatic hydroxyl groups is 2. The van der Waals surface area contributed by atoms with Gasteiger partial charge in [0.05, 0.1) is 18.8 Å². The molecular weight excluding hydrogens is 262 g/mol. The topological polar surface area (TPSA) is 79.2 Å². The predicted molar refractivity (Wildman–Crippen MR) is 74.2 cm³/mol. The van der Waals surface area contributed by atoms with Crippen molar-refractivity contribution < 1.29 is 24.5 Å². The van der Waals surface area contributed by atoms with E-state index >= 15 is 0 Å². The molecule has 0 radical (unpaired) electrons. The van der Waals surface area contributed by atoms with E-state index in [1.54, 1.807) is 34.6 Å². The molecule has 1 amide bonds. The third-order valence-corrected chi connectivity index (χ3v) is 3.21. The average molecular weight is 289 g/mol. The van der Waals surface area contributed by atoms with E-state index in [1.807, 2.05) is 0 Å². The number of nitrogens with zero attached hydrogens (tertiary/aromatic N) is 1. The highest BCUT2D eigenvalue weighted by atomic mass is 16.6. The molecule has 0 aromatic rings. The number of carbonyl (C=O) groups is 1. The van der Waals surface area contributed by atoms with E-state index in [-0.39, 0.29) is 13.2 Å². The standard InChI is InChI=1S/C14H27NO5/c1-13(2,3)20-12(18)15-10(9-19-14(15,4)5)11(17)7-6-8-16/h10-11,16-17H,6-9H2,1-5H3/t10-,11?/m1/s1. The Morgan fingerprint density at radius 2 is 2.10 bits per heavy atom. The Balaban J connectivity index is 2.82. The van der Waals surface area contributed by atoms with Crippen LogP contribution in [0.1, 0.15) is 47.5 Å². The van der Waals surface area contributed by atoms with Gasteiger partial charge in [0, 0.05) is 6.61 Å². The summed E-state index contributed by atoms with van der Waals surface area (Å²) in [6, 6.07) is -0.452. The van der Waals surface area contributed by atoms with Crippen LogP contribution in [0.25, 0.3) is 0 Å². The number of aliphatic hydroxyl groups excluding tert-OH is 2. The molecule has 1 heterocycles. The van der Waals surface area contributed by atoms with Gasteiger partial charge in [-0.1, -0.05) is 0 Å². The van der Waals surface area contributed by atoms with Gasteiger partial charge in [0.15, 0.2) is 0 Å². The fraction of sp³-hybridized carbons (Fsp3) is 0.929. The number of hydrogen-bond acceptors (Lipinski definition) is 5. The third kappa shape index (κ3) is 4.33. The Labute approximate surface area is 120 Å². The zero-order chi connectivity index (χ0) is 15.6. The molecule has 0 aliphatic carbocycles. The summed E-state index contributed by atoms with van der Waals surface area (Å²) in [5.74, 6) is 0. The molecule has 2 N–H and O–H groups in total. The van der Waals surface area contributed by atoms with E-state index in [0.717, 1.165) is 0 Å². The number of carbonyl (C=O) groups excluding carboxylic acids is 1. The molecule has 1 fully saturated rings. The molecular formula is C14H27NO5. The first-order valence-electron chi connectivity index (χ1n) is 7.03. The minimum Gasteiger partial charge on any atom is -0.444 e. The fourth-order valence-electron chi connectivity index (χ4n) is 2.28. The number of rotatable bonds is 4. The molecule has 2 atom stereocenters. The minimum absolute atomic E-state index is 0.0144. The first-order chi connectivity index (χ1) is 9.08. The van der Waals surface area contributed by atoms with Crippen LogP contribution in [-0.2, 0) is 9.47 Å². The van der Waals surface area contributed by atoms with Crippen molar-refractivity contribution in [3.63, 3.8) is 0 Å². The van der Waals surface area contributed by atoms with Gasteiger partial charge in [0.25, 0.3) is 0 Å². The minimum atomic E-state index is -0.812. The number of ether oxygens (including phenoxy) is 2. The summed E-state index contributed by atoms with van der Waals surface area (Å²) in [7, 11) is 0. The van der Waals surface area contributed by atoms with Gasteiger partial charge >= 0.3 is 6.09 Å². The Bertz CT molecular complexity index is 337. The Morgan fingerprint density at radius 1 is 1.50 bits per heavy atom. The molecule has 0 aromatic heterocycles. The van der Waals surface area contributed by atoms with Crippen molar-refractivity contribution in [2.24, 2.45) is 0 Å². The summed E-state index contributed by atoms with van der Waals surface area (Å²) < 4.78 is 11.0. The maximum absolute atomic E-state index is 12.3. The molecule has 1 unspecified atom stereocenters. The normalized spacial score (nSPS) is 23.8. The van der Waals surface area contributed by atoms with E-state index in [1.165, 1.54) is 4.90 Å². The maximum atomic E-state index is 12.3. The summed E-state index contributed by atoms with van der Waals surface area (Å²) in [5.41, 5.74) is -1.41. The number of hydrogen-bond donors (Lipinski definition) is 2. The van der Waals surface area contributed by atoms with Crippen LogP contribution in [0.3, 0.4) is 0 Å². The van der Waals surface area contributed by atoms with E-state index in [9.17, 15) is 9.90 Å². The van der Waals surface area contributed by atoms with Crippen molar-refractivity contribution in [1.82, 2.24) is 4.90 Å². The molecule has 0 bridgehead atoms. The lowest BCUT2D eigenvalue weighted by atomic mass is 10.1. The molecule has 6 heteroatoms. The molecule has 118 valence electrons. The molecule has 1 rings (SSSR count). The van der Waals surface area contributed by atoms with Gasteiger partial charge in [-0.05, 0) is 47.5 Å². The lowest BCUT2D eigenvalue weighted by molar-refractivity contribution is -0.0682. The van der Waals surface area contributed by atoms with E-state index in [2.05, 4.69) is 0 Å². The van der Waals surface area contributed by atoms with E-state index < -0.39 is 29.6 Å². The summed E-state index contributed by atoms with van der Waals surface area (Å²) in [5, 5.41) is 19.0. The molecule has 1 aliphatic heterocycles. The van der Waals surface area contributed by atoms with Gasteiger partial charge in [0.1, 0.15) is 11.3 Å². The second kappa shape index (κ2) is 6.28. The van der Waals surface area contributed by atoms with Crippen molar-refractivity contribution >= 4 is 6.09 Å². The van der Waals surface area contributed by atoms with Crippen LogP contribution in [0.5, 0.6) is 0 Å². The highest BCUT2D eigenvalue weighted by Gasteiger charge is 2.48. The predicted octanol–water partition coefficient (Wildman–Crippen LogP) is 1.49. The van der Waals surface area contributed by atoms with Crippen molar-refractivity contribution in [2.45, 2.75) is 70.9 Å². The zero-order valence-electron chi connectivity index (χ0n) is 13.0. The van der Waals surface area contributed by atoms with E-state index in [4.69, 9.17) is 14.6 Å². The summed E-state index contributed by atoms with van der Waals surface area (Å²) in [4.78, 5) is 13.8. The molecule has 6 nitrogen and oxygen atoms in total. The summed E-state index contributed by atoms with van der Waals surface area (Å²) >= 11 is 0. The molecule has 20 heavy (non-hydrogen) atoms. The van der Waals surface area contributed by atoms with Gasteiger partial charge < -0.3 is 19.7 Å². The molecule has 1 saturated heterocycles. The Kier molecular flexibility index (Phi) is 5.40. The highest BCUT2D eigenvalue weighted by molar-refractivity contribution is 5.69. The van der Waals surface area contributed by atoms with Crippen LogP contribution in [0.4, 0.5) is 4.79 Å². The summed E-state index contributed by atoms with van der Waals surface area (Å²) in [6.45, 7) is 9.22. The van der Waals surface area contributed by atoms with Crippen LogP contribution >= 0.6 is 0 Å². The quantitative estimate of drug-likeness (QED) is 0.819. The zero-order valence-corrected chi connectivity index (χ0v) is 13.0. The monoisotopic (exact) mass is 289 g/mol.